The molecule has 0 aliphatic heterocycles. The van der Waals surface area contributed by atoms with Crippen LogP contribution in [0.3, 0.4) is 0 Å². The van der Waals surface area contributed by atoms with Crippen molar-refractivity contribution in [2.24, 2.45) is 0 Å². The van der Waals surface area contributed by atoms with Gasteiger partial charge in [-0.1, -0.05) is 6.92 Å². The highest BCUT2D eigenvalue weighted by Crippen LogP contribution is 2.18. The number of anilines is 1. The smallest absolute Gasteiger partial charge is 0.241 e. The summed E-state index contributed by atoms with van der Waals surface area (Å²) in [5.74, 6) is 1.13. The summed E-state index contributed by atoms with van der Waals surface area (Å²) in [5.41, 5.74) is 0. The Morgan fingerprint density at radius 2 is 2.10 bits per heavy atom. The fourth-order valence-corrected chi connectivity index (χ4v) is 3.21. The summed E-state index contributed by atoms with van der Waals surface area (Å²) in [7, 11) is -3.63. The Bertz CT molecular complexity index is 670. The molecule has 0 radical (unpaired) electrons. The monoisotopic (exact) mass is 309 g/mol. The van der Waals surface area contributed by atoms with E-state index in [1.54, 1.807) is 12.4 Å². The first-order valence-corrected chi connectivity index (χ1v) is 8.26. The summed E-state index contributed by atoms with van der Waals surface area (Å²) in [6.07, 6.45) is 5.34. The second-order valence-electron chi connectivity index (χ2n) is 4.46. The number of H-pyrrole nitrogens is 1. The van der Waals surface area contributed by atoms with Gasteiger partial charge in [-0.05, 0) is 19.4 Å². The molecule has 8 heteroatoms. The van der Waals surface area contributed by atoms with Crippen molar-refractivity contribution in [1.29, 1.82) is 0 Å². The first kappa shape index (κ1) is 15.5. The summed E-state index contributed by atoms with van der Waals surface area (Å²) in [6, 6.07) is 2.60. The van der Waals surface area contributed by atoms with Gasteiger partial charge >= 0.3 is 0 Å². The Balaban J connectivity index is 2.23. The van der Waals surface area contributed by atoms with Crippen LogP contribution in [0.2, 0.25) is 0 Å². The molecule has 2 aromatic rings. The summed E-state index contributed by atoms with van der Waals surface area (Å²) in [4.78, 5) is 11.3. The average molecular weight is 309 g/mol. The van der Waals surface area contributed by atoms with E-state index >= 15 is 0 Å². The quantitative estimate of drug-likeness (QED) is 0.722. The van der Waals surface area contributed by atoms with Gasteiger partial charge in [0.1, 0.15) is 11.6 Å². The zero-order valence-electron chi connectivity index (χ0n) is 12.0. The predicted octanol–water partition coefficient (Wildman–Crippen LogP) is 1.67. The van der Waals surface area contributed by atoms with Crippen molar-refractivity contribution in [1.82, 2.24) is 19.7 Å². The predicted molar refractivity (Wildman–Crippen MR) is 80.3 cm³/mol. The van der Waals surface area contributed by atoms with Gasteiger partial charge in [-0.25, -0.2) is 23.1 Å². The first-order chi connectivity index (χ1) is 10.1. The number of sulfonamides is 1. The third kappa shape index (κ3) is 3.79. The molecule has 21 heavy (non-hydrogen) atoms. The molecule has 0 spiro atoms. The Morgan fingerprint density at radius 3 is 2.71 bits per heavy atom. The minimum absolute atomic E-state index is 0.179. The summed E-state index contributed by atoms with van der Waals surface area (Å²) in [6.45, 7) is 4.49. The van der Waals surface area contributed by atoms with Crippen molar-refractivity contribution in [3.63, 3.8) is 0 Å². The van der Waals surface area contributed by atoms with Gasteiger partial charge in [-0.2, -0.15) is 0 Å². The molecule has 7 nitrogen and oxygen atoms in total. The van der Waals surface area contributed by atoms with Crippen LogP contribution < -0.4 is 10.0 Å². The molecule has 2 rings (SSSR count). The molecular weight excluding hydrogens is 290 g/mol. The molecule has 1 unspecified atom stereocenters. The fraction of sp³-hybridized carbons (Fsp3) is 0.385. The summed E-state index contributed by atoms with van der Waals surface area (Å²) in [5, 5.41) is 2.99. The first-order valence-electron chi connectivity index (χ1n) is 6.78. The standard InChI is InChI=1S/C13H19N5O2S/c1-3-11(13-16-7-8-17-13)18-21(19,20)10-5-6-15-12(9-10)14-4-2/h5-9,11,18H,3-4H2,1-2H3,(H,14,15)(H,16,17). The van der Waals surface area contributed by atoms with E-state index in [0.717, 1.165) is 0 Å². The maximum absolute atomic E-state index is 12.4. The Hall–Kier alpha value is -1.93. The van der Waals surface area contributed by atoms with Crippen molar-refractivity contribution in [3.05, 3.63) is 36.5 Å². The van der Waals surface area contributed by atoms with Crippen molar-refractivity contribution < 1.29 is 8.42 Å². The Morgan fingerprint density at radius 1 is 1.29 bits per heavy atom. The highest BCUT2D eigenvalue weighted by atomic mass is 32.2. The maximum Gasteiger partial charge on any atom is 0.241 e. The number of pyridine rings is 1. The third-order valence-electron chi connectivity index (χ3n) is 2.95. The minimum atomic E-state index is -3.63. The molecule has 2 aromatic heterocycles. The van der Waals surface area contributed by atoms with Crippen LogP contribution in [0, 0.1) is 0 Å². The molecule has 0 bridgehead atoms. The topological polar surface area (TPSA) is 99.8 Å². The number of aromatic amines is 1. The van der Waals surface area contributed by atoms with Gasteiger partial charge in [0.2, 0.25) is 10.0 Å². The Kier molecular flexibility index (Phi) is 4.92. The highest BCUT2D eigenvalue weighted by molar-refractivity contribution is 7.89. The molecule has 3 N–H and O–H groups in total. The highest BCUT2D eigenvalue weighted by Gasteiger charge is 2.22. The molecule has 0 saturated heterocycles. The summed E-state index contributed by atoms with van der Waals surface area (Å²) >= 11 is 0. The van der Waals surface area contributed by atoms with Crippen LogP contribution in [0.15, 0.2) is 35.6 Å². The second-order valence-corrected chi connectivity index (χ2v) is 6.18. The van der Waals surface area contributed by atoms with Gasteiger partial charge in [0.05, 0.1) is 10.9 Å². The number of hydrogen-bond donors (Lipinski definition) is 3. The van der Waals surface area contributed by atoms with Gasteiger partial charge < -0.3 is 10.3 Å². The van der Waals surface area contributed by atoms with Crippen LogP contribution in [0.25, 0.3) is 0 Å². The molecular formula is C13H19N5O2S. The van der Waals surface area contributed by atoms with Gasteiger partial charge in [0.25, 0.3) is 0 Å². The SMILES string of the molecule is CCNc1cc(S(=O)(=O)NC(CC)c2ncc[nH]2)ccn1. The number of rotatable bonds is 7. The molecule has 2 heterocycles. The molecule has 0 fully saturated rings. The molecule has 0 aliphatic rings. The van der Waals surface area contributed by atoms with Crippen LogP contribution in [0.1, 0.15) is 32.1 Å². The van der Waals surface area contributed by atoms with Gasteiger partial charge in [0, 0.05) is 31.2 Å². The van der Waals surface area contributed by atoms with Crippen molar-refractivity contribution in [2.45, 2.75) is 31.2 Å². The lowest BCUT2D eigenvalue weighted by Crippen LogP contribution is -2.29. The molecule has 0 saturated carbocycles. The average Bonchev–Trinajstić information content (AvgIpc) is 2.99. The minimum Gasteiger partial charge on any atom is -0.370 e. The maximum atomic E-state index is 12.4. The van der Waals surface area contributed by atoms with Crippen molar-refractivity contribution in [2.75, 3.05) is 11.9 Å². The van der Waals surface area contributed by atoms with E-state index in [-0.39, 0.29) is 10.9 Å². The number of imidazole rings is 1. The van der Waals surface area contributed by atoms with E-state index in [2.05, 4.69) is 25.0 Å². The van der Waals surface area contributed by atoms with Gasteiger partial charge in [-0.3, -0.25) is 0 Å². The lowest BCUT2D eigenvalue weighted by Gasteiger charge is -2.15. The zero-order valence-corrected chi connectivity index (χ0v) is 12.8. The fourth-order valence-electron chi connectivity index (χ4n) is 1.91. The lowest BCUT2D eigenvalue weighted by atomic mass is 10.2. The number of aromatic nitrogens is 3. The normalized spacial score (nSPS) is 13.0. The lowest BCUT2D eigenvalue weighted by molar-refractivity contribution is 0.539. The van der Waals surface area contributed by atoms with E-state index < -0.39 is 10.0 Å². The van der Waals surface area contributed by atoms with E-state index in [9.17, 15) is 8.42 Å². The number of nitrogens with one attached hydrogen (secondary N) is 3. The van der Waals surface area contributed by atoms with Crippen LogP contribution >= 0.6 is 0 Å². The van der Waals surface area contributed by atoms with Crippen molar-refractivity contribution in [3.8, 4) is 0 Å². The summed E-state index contributed by atoms with van der Waals surface area (Å²) < 4.78 is 27.5. The van der Waals surface area contributed by atoms with Crippen LogP contribution in [0.5, 0.6) is 0 Å². The van der Waals surface area contributed by atoms with E-state index in [1.165, 1.54) is 18.3 Å². The van der Waals surface area contributed by atoms with E-state index in [4.69, 9.17) is 0 Å². The van der Waals surface area contributed by atoms with Crippen LogP contribution in [0.4, 0.5) is 5.82 Å². The largest absolute Gasteiger partial charge is 0.370 e. The zero-order chi connectivity index (χ0) is 15.3. The van der Waals surface area contributed by atoms with Gasteiger partial charge in [0.15, 0.2) is 0 Å². The van der Waals surface area contributed by atoms with Crippen molar-refractivity contribution >= 4 is 15.8 Å². The molecule has 0 aliphatic carbocycles. The van der Waals surface area contributed by atoms with Crippen LogP contribution in [-0.4, -0.2) is 29.9 Å². The number of hydrogen-bond acceptors (Lipinski definition) is 5. The molecule has 0 amide bonds. The van der Waals surface area contributed by atoms with E-state index in [0.29, 0.717) is 24.6 Å². The molecule has 1 atom stereocenters. The second kappa shape index (κ2) is 6.68. The third-order valence-corrected chi connectivity index (χ3v) is 4.42. The molecule has 0 aromatic carbocycles. The van der Waals surface area contributed by atoms with E-state index in [1.807, 2.05) is 13.8 Å². The van der Waals surface area contributed by atoms with Crippen LogP contribution in [-0.2, 0) is 10.0 Å². The molecule has 114 valence electrons. The Labute approximate surface area is 124 Å². The van der Waals surface area contributed by atoms with Gasteiger partial charge in [-0.15, -0.1) is 0 Å². The number of nitrogens with zero attached hydrogens (tertiary/aromatic N) is 2.